The highest BCUT2D eigenvalue weighted by atomic mass is 19.4. The summed E-state index contributed by atoms with van der Waals surface area (Å²) in [5.41, 5.74) is 1.91. The Bertz CT molecular complexity index is 756. The van der Waals surface area contributed by atoms with Crippen molar-refractivity contribution < 1.29 is 22.7 Å². The number of nitrogens with one attached hydrogen (secondary N) is 1. The van der Waals surface area contributed by atoms with Crippen LogP contribution in [-0.2, 0) is 13.1 Å². The molecule has 0 saturated heterocycles. The summed E-state index contributed by atoms with van der Waals surface area (Å²) in [7, 11) is 0. The van der Waals surface area contributed by atoms with Crippen LogP contribution in [0, 0.1) is 6.92 Å². The molecule has 0 spiro atoms. The molecule has 26 heavy (non-hydrogen) atoms. The van der Waals surface area contributed by atoms with E-state index in [4.69, 9.17) is 4.74 Å². The molecule has 1 aromatic carbocycles. The number of hydrogen-bond donors (Lipinski definition) is 1. The van der Waals surface area contributed by atoms with E-state index < -0.39 is 18.6 Å². The first-order valence-corrected chi connectivity index (χ1v) is 8.31. The molecule has 1 atom stereocenters. The molecule has 0 aliphatic heterocycles. The number of aromatic nitrogens is 2. The van der Waals surface area contributed by atoms with Gasteiger partial charge in [0.25, 0.3) is 5.91 Å². The lowest BCUT2D eigenvalue weighted by Crippen LogP contribution is -2.23. The van der Waals surface area contributed by atoms with Crippen LogP contribution >= 0.6 is 0 Å². The third-order valence-corrected chi connectivity index (χ3v) is 3.80. The molecular weight excluding hydrogens is 347 g/mol. The smallest absolute Gasteiger partial charge is 0.408 e. The highest BCUT2D eigenvalue weighted by molar-refractivity contribution is 5.93. The Labute approximate surface area is 150 Å². The second-order valence-corrected chi connectivity index (χ2v) is 6.17. The van der Waals surface area contributed by atoms with E-state index in [1.54, 1.807) is 0 Å². The van der Waals surface area contributed by atoms with Crippen molar-refractivity contribution in [2.45, 2.75) is 52.6 Å². The highest BCUT2D eigenvalue weighted by Crippen LogP contribution is 2.22. The standard InChI is InChI=1S/C18H22F3N3O2/c1-4-13(3)26-16-7-12(2)5-6-14(16)8-22-17(25)15-9-23-24(10-15)11-18(19,20)21/h5-7,9-10,13H,4,8,11H2,1-3H3,(H,22,25)/t13-/m1/s1. The lowest BCUT2D eigenvalue weighted by atomic mass is 10.1. The van der Waals surface area contributed by atoms with Gasteiger partial charge in [0, 0.05) is 18.3 Å². The molecule has 1 aromatic heterocycles. The van der Waals surface area contributed by atoms with Crippen molar-refractivity contribution in [2.75, 3.05) is 0 Å². The Kier molecular flexibility index (Phi) is 6.28. The van der Waals surface area contributed by atoms with Crippen molar-refractivity contribution in [3.63, 3.8) is 0 Å². The van der Waals surface area contributed by atoms with Crippen LogP contribution in [0.5, 0.6) is 5.75 Å². The van der Waals surface area contributed by atoms with Crippen molar-refractivity contribution in [1.29, 1.82) is 0 Å². The lowest BCUT2D eigenvalue weighted by molar-refractivity contribution is -0.142. The third kappa shape index (κ3) is 5.79. The number of halogens is 3. The molecule has 0 bridgehead atoms. The van der Waals surface area contributed by atoms with Gasteiger partial charge in [-0.15, -0.1) is 0 Å². The summed E-state index contributed by atoms with van der Waals surface area (Å²) >= 11 is 0. The fraction of sp³-hybridized carbons (Fsp3) is 0.444. The SMILES string of the molecule is CC[C@@H](C)Oc1cc(C)ccc1CNC(=O)c1cnn(CC(F)(F)F)c1. The van der Waals surface area contributed by atoms with Crippen LogP contribution in [0.4, 0.5) is 13.2 Å². The fourth-order valence-electron chi connectivity index (χ4n) is 2.25. The number of nitrogens with zero attached hydrogens (tertiary/aromatic N) is 2. The van der Waals surface area contributed by atoms with Gasteiger partial charge in [-0.2, -0.15) is 18.3 Å². The van der Waals surface area contributed by atoms with Crippen molar-refractivity contribution >= 4 is 5.91 Å². The van der Waals surface area contributed by atoms with Crippen LogP contribution in [0.3, 0.4) is 0 Å². The summed E-state index contributed by atoms with van der Waals surface area (Å²) in [5, 5.41) is 6.26. The topological polar surface area (TPSA) is 56.1 Å². The fourth-order valence-corrected chi connectivity index (χ4v) is 2.25. The molecule has 2 rings (SSSR count). The monoisotopic (exact) mass is 369 g/mol. The molecule has 1 N–H and O–H groups in total. The van der Waals surface area contributed by atoms with E-state index in [0.29, 0.717) is 10.4 Å². The summed E-state index contributed by atoms with van der Waals surface area (Å²) in [6, 6.07) is 5.67. The van der Waals surface area contributed by atoms with Crippen LogP contribution in [0.15, 0.2) is 30.6 Å². The second kappa shape index (κ2) is 8.25. The number of alkyl halides is 3. The van der Waals surface area contributed by atoms with E-state index >= 15 is 0 Å². The number of carbonyl (C=O) groups is 1. The number of carbonyl (C=O) groups excluding carboxylic acids is 1. The Hall–Kier alpha value is -2.51. The first kappa shape index (κ1) is 19.8. The molecule has 8 heteroatoms. The predicted octanol–water partition coefficient (Wildman–Crippen LogP) is 3.86. The van der Waals surface area contributed by atoms with E-state index in [0.717, 1.165) is 29.9 Å². The number of ether oxygens (including phenoxy) is 1. The summed E-state index contributed by atoms with van der Waals surface area (Å²) < 4.78 is 43.6. The average Bonchev–Trinajstić information content (AvgIpc) is 3.00. The minimum atomic E-state index is -4.39. The van der Waals surface area contributed by atoms with Gasteiger partial charge in [-0.05, 0) is 31.9 Å². The van der Waals surface area contributed by atoms with Gasteiger partial charge >= 0.3 is 6.18 Å². The van der Waals surface area contributed by atoms with Gasteiger partial charge in [0.05, 0.1) is 17.9 Å². The molecule has 1 amide bonds. The Morgan fingerprint density at radius 2 is 2.12 bits per heavy atom. The van der Waals surface area contributed by atoms with Crippen LogP contribution in [0.25, 0.3) is 0 Å². The zero-order chi connectivity index (χ0) is 19.3. The maximum Gasteiger partial charge on any atom is 0.408 e. The zero-order valence-corrected chi connectivity index (χ0v) is 14.9. The molecule has 0 aliphatic rings. The van der Waals surface area contributed by atoms with Crippen molar-refractivity contribution in [3.8, 4) is 5.75 Å². The zero-order valence-electron chi connectivity index (χ0n) is 14.9. The number of benzene rings is 1. The lowest BCUT2D eigenvalue weighted by Gasteiger charge is -2.17. The molecule has 0 radical (unpaired) electrons. The van der Waals surface area contributed by atoms with Gasteiger partial charge in [0.2, 0.25) is 0 Å². The van der Waals surface area contributed by atoms with Gasteiger partial charge in [0.15, 0.2) is 0 Å². The average molecular weight is 369 g/mol. The molecule has 0 unspecified atom stereocenters. The van der Waals surface area contributed by atoms with Crippen molar-refractivity contribution in [1.82, 2.24) is 15.1 Å². The summed E-state index contributed by atoms with van der Waals surface area (Å²) in [6.07, 6.45) is -1.31. The van der Waals surface area contributed by atoms with Crippen LogP contribution < -0.4 is 10.1 Å². The first-order chi connectivity index (χ1) is 12.2. The van der Waals surface area contributed by atoms with Gasteiger partial charge in [-0.25, -0.2) is 0 Å². The molecule has 142 valence electrons. The molecule has 0 fully saturated rings. The summed E-state index contributed by atoms with van der Waals surface area (Å²) in [5.74, 6) is 0.195. The van der Waals surface area contributed by atoms with E-state index in [1.165, 1.54) is 0 Å². The number of rotatable bonds is 7. The maximum absolute atomic E-state index is 12.4. The van der Waals surface area contributed by atoms with Crippen LogP contribution in [0.1, 0.15) is 41.8 Å². The molecule has 5 nitrogen and oxygen atoms in total. The Balaban J connectivity index is 2.03. The van der Waals surface area contributed by atoms with Gasteiger partial charge in [0.1, 0.15) is 12.3 Å². The number of hydrogen-bond acceptors (Lipinski definition) is 3. The van der Waals surface area contributed by atoms with E-state index in [2.05, 4.69) is 10.4 Å². The number of aryl methyl sites for hydroxylation is 1. The normalized spacial score (nSPS) is 12.7. The molecule has 2 aromatic rings. The van der Waals surface area contributed by atoms with E-state index in [1.807, 2.05) is 39.0 Å². The second-order valence-electron chi connectivity index (χ2n) is 6.17. The predicted molar refractivity (Wildman–Crippen MR) is 91.0 cm³/mol. The molecule has 1 heterocycles. The Morgan fingerprint density at radius 1 is 1.38 bits per heavy atom. The van der Waals surface area contributed by atoms with Gasteiger partial charge in [-0.1, -0.05) is 19.1 Å². The Morgan fingerprint density at radius 3 is 2.77 bits per heavy atom. The van der Waals surface area contributed by atoms with Crippen molar-refractivity contribution in [3.05, 3.63) is 47.3 Å². The molecular formula is C18H22F3N3O2. The minimum Gasteiger partial charge on any atom is -0.490 e. The van der Waals surface area contributed by atoms with E-state index in [9.17, 15) is 18.0 Å². The third-order valence-electron chi connectivity index (χ3n) is 3.80. The van der Waals surface area contributed by atoms with E-state index in [-0.39, 0.29) is 18.2 Å². The maximum atomic E-state index is 12.4. The molecule has 0 aliphatic carbocycles. The largest absolute Gasteiger partial charge is 0.490 e. The summed E-state index contributed by atoms with van der Waals surface area (Å²) in [6.45, 7) is 4.89. The summed E-state index contributed by atoms with van der Waals surface area (Å²) in [4.78, 5) is 12.2. The van der Waals surface area contributed by atoms with Crippen molar-refractivity contribution in [2.24, 2.45) is 0 Å². The highest BCUT2D eigenvalue weighted by Gasteiger charge is 2.28. The van der Waals surface area contributed by atoms with Crippen LogP contribution in [0.2, 0.25) is 0 Å². The molecule has 0 saturated carbocycles. The van der Waals surface area contributed by atoms with Gasteiger partial charge in [-0.3, -0.25) is 9.48 Å². The first-order valence-electron chi connectivity index (χ1n) is 8.31. The van der Waals surface area contributed by atoms with Crippen LogP contribution in [-0.4, -0.2) is 28.0 Å². The van der Waals surface area contributed by atoms with Gasteiger partial charge < -0.3 is 10.1 Å². The number of amides is 1. The quantitative estimate of drug-likeness (QED) is 0.806. The minimum absolute atomic E-state index is 0.0341.